The quantitative estimate of drug-likeness (QED) is 0.849. The van der Waals surface area contributed by atoms with E-state index < -0.39 is 12.0 Å². The Balaban J connectivity index is 1.76. The van der Waals surface area contributed by atoms with E-state index in [-0.39, 0.29) is 17.7 Å². The fourth-order valence-corrected chi connectivity index (χ4v) is 4.07. The van der Waals surface area contributed by atoms with Gasteiger partial charge in [0.1, 0.15) is 6.04 Å². The molecule has 0 aromatic carbocycles. The van der Waals surface area contributed by atoms with Crippen molar-refractivity contribution in [2.24, 2.45) is 5.92 Å². The number of aromatic nitrogens is 2. The Morgan fingerprint density at radius 2 is 2.32 bits per heavy atom. The second kappa shape index (κ2) is 4.88. The monoisotopic (exact) mass is 281 g/mol. The number of carbonyl (C=O) groups excluding carboxylic acids is 1. The van der Waals surface area contributed by atoms with Crippen LogP contribution in [0.5, 0.6) is 0 Å². The largest absolute Gasteiger partial charge is 0.480 e. The first-order valence-corrected chi connectivity index (χ1v) is 7.35. The van der Waals surface area contributed by atoms with Crippen molar-refractivity contribution in [1.82, 2.24) is 15.1 Å². The molecule has 2 heterocycles. The summed E-state index contributed by atoms with van der Waals surface area (Å²) >= 11 is 1.60. The number of hydrogen-bond donors (Lipinski definition) is 2. The standard InChI is InChI=1S/C12H15N3O3S/c16-10(5-8-3-4-13-14-8)15-9(12(17)18)6-19-11(15)7-1-2-7/h3-4,7,9,11H,1-2,5-6H2,(H,13,14)(H,17,18). The van der Waals surface area contributed by atoms with Crippen molar-refractivity contribution in [2.45, 2.75) is 30.7 Å². The number of aliphatic carboxylic acids is 1. The zero-order chi connectivity index (χ0) is 13.4. The molecule has 0 bridgehead atoms. The number of amides is 1. The minimum absolute atomic E-state index is 0.0384. The predicted octanol–water partition coefficient (Wildman–Crippen LogP) is 0.717. The number of carboxylic acid groups (broad SMARTS) is 1. The van der Waals surface area contributed by atoms with E-state index in [1.165, 1.54) is 0 Å². The maximum atomic E-state index is 12.4. The molecule has 2 aliphatic rings. The Morgan fingerprint density at radius 3 is 2.89 bits per heavy atom. The lowest BCUT2D eigenvalue weighted by Gasteiger charge is -2.27. The van der Waals surface area contributed by atoms with E-state index in [4.69, 9.17) is 0 Å². The normalized spacial score (nSPS) is 26.6. The highest BCUT2D eigenvalue weighted by Crippen LogP contribution is 2.45. The third-order valence-electron chi connectivity index (χ3n) is 3.53. The molecule has 1 saturated carbocycles. The van der Waals surface area contributed by atoms with Gasteiger partial charge in [0.2, 0.25) is 5.91 Å². The Labute approximate surface area is 114 Å². The summed E-state index contributed by atoms with van der Waals surface area (Å²) < 4.78 is 0. The maximum absolute atomic E-state index is 12.4. The van der Waals surface area contributed by atoms with Gasteiger partial charge in [-0.25, -0.2) is 4.79 Å². The molecule has 102 valence electrons. The average Bonchev–Trinajstić information content (AvgIpc) is 2.91. The number of aromatic amines is 1. The highest BCUT2D eigenvalue weighted by molar-refractivity contribution is 8.00. The Bertz CT molecular complexity index is 486. The molecule has 1 saturated heterocycles. The third-order valence-corrected chi connectivity index (χ3v) is 4.99. The molecule has 2 fully saturated rings. The SMILES string of the molecule is O=C(O)C1CSC(C2CC2)N1C(=O)Cc1ccn[nH]1. The molecule has 1 aromatic rings. The summed E-state index contributed by atoms with van der Waals surface area (Å²) in [6.07, 6.45) is 3.97. The first-order chi connectivity index (χ1) is 9.16. The van der Waals surface area contributed by atoms with Gasteiger partial charge in [-0.2, -0.15) is 5.10 Å². The van der Waals surface area contributed by atoms with Crippen LogP contribution in [-0.2, 0) is 16.0 Å². The molecule has 0 radical (unpaired) electrons. The molecule has 19 heavy (non-hydrogen) atoms. The summed E-state index contributed by atoms with van der Waals surface area (Å²) in [6.45, 7) is 0. The van der Waals surface area contributed by atoms with Crippen LogP contribution < -0.4 is 0 Å². The highest BCUT2D eigenvalue weighted by Gasteiger charge is 2.47. The zero-order valence-electron chi connectivity index (χ0n) is 10.3. The van der Waals surface area contributed by atoms with Crippen molar-refractivity contribution in [2.75, 3.05) is 5.75 Å². The fraction of sp³-hybridized carbons (Fsp3) is 0.583. The van der Waals surface area contributed by atoms with Crippen molar-refractivity contribution >= 4 is 23.6 Å². The smallest absolute Gasteiger partial charge is 0.327 e. The van der Waals surface area contributed by atoms with Crippen molar-refractivity contribution in [1.29, 1.82) is 0 Å². The summed E-state index contributed by atoms with van der Waals surface area (Å²) in [5, 5.41) is 15.8. The molecule has 3 rings (SSSR count). The van der Waals surface area contributed by atoms with E-state index in [1.807, 2.05) is 0 Å². The lowest BCUT2D eigenvalue weighted by molar-refractivity contribution is -0.149. The molecule has 7 heteroatoms. The van der Waals surface area contributed by atoms with Gasteiger partial charge in [-0.15, -0.1) is 11.8 Å². The Hall–Kier alpha value is -1.50. The van der Waals surface area contributed by atoms with Crippen LogP contribution in [0.3, 0.4) is 0 Å². The number of rotatable bonds is 4. The number of carbonyl (C=O) groups is 2. The number of H-pyrrole nitrogens is 1. The van der Waals surface area contributed by atoms with Crippen molar-refractivity contribution in [3.05, 3.63) is 18.0 Å². The molecule has 1 aromatic heterocycles. The van der Waals surface area contributed by atoms with Gasteiger partial charge < -0.3 is 10.0 Å². The lowest BCUT2D eigenvalue weighted by atomic mass is 10.2. The number of carboxylic acids is 1. The van der Waals surface area contributed by atoms with Crippen molar-refractivity contribution < 1.29 is 14.7 Å². The van der Waals surface area contributed by atoms with Crippen LogP contribution in [0.4, 0.5) is 0 Å². The average molecular weight is 281 g/mol. The summed E-state index contributed by atoms with van der Waals surface area (Å²) in [5.74, 6) is -0.0715. The van der Waals surface area contributed by atoms with Gasteiger partial charge >= 0.3 is 5.97 Å². The molecule has 1 aliphatic carbocycles. The number of hydrogen-bond acceptors (Lipinski definition) is 4. The Morgan fingerprint density at radius 1 is 1.53 bits per heavy atom. The molecule has 2 atom stereocenters. The molecule has 6 nitrogen and oxygen atoms in total. The number of nitrogens with zero attached hydrogens (tertiary/aromatic N) is 2. The van der Waals surface area contributed by atoms with Gasteiger partial charge in [0, 0.05) is 17.6 Å². The maximum Gasteiger partial charge on any atom is 0.327 e. The van der Waals surface area contributed by atoms with Gasteiger partial charge in [0.05, 0.1) is 11.8 Å². The minimum atomic E-state index is -0.909. The van der Waals surface area contributed by atoms with E-state index in [0.29, 0.717) is 11.7 Å². The van der Waals surface area contributed by atoms with E-state index in [0.717, 1.165) is 18.5 Å². The lowest BCUT2D eigenvalue weighted by Crippen LogP contribution is -2.47. The second-order valence-electron chi connectivity index (χ2n) is 4.98. The van der Waals surface area contributed by atoms with Gasteiger partial charge in [-0.05, 0) is 24.8 Å². The van der Waals surface area contributed by atoms with Gasteiger partial charge in [-0.1, -0.05) is 0 Å². The van der Waals surface area contributed by atoms with Crippen LogP contribution in [0.1, 0.15) is 18.5 Å². The first-order valence-electron chi connectivity index (χ1n) is 6.30. The van der Waals surface area contributed by atoms with E-state index in [2.05, 4.69) is 10.2 Å². The molecule has 1 amide bonds. The van der Waals surface area contributed by atoms with E-state index in [9.17, 15) is 14.7 Å². The molecular formula is C12H15N3O3S. The third kappa shape index (κ3) is 2.47. The first kappa shape index (κ1) is 12.5. The van der Waals surface area contributed by atoms with Gasteiger partial charge in [0.25, 0.3) is 0 Å². The molecule has 2 N–H and O–H groups in total. The summed E-state index contributed by atoms with van der Waals surface area (Å²) in [5.41, 5.74) is 0.723. The minimum Gasteiger partial charge on any atom is -0.480 e. The van der Waals surface area contributed by atoms with Crippen LogP contribution >= 0.6 is 11.8 Å². The summed E-state index contributed by atoms with van der Waals surface area (Å²) in [6, 6.07) is 1.05. The van der Waals surface area contributed by atoms with Crippen LogP contribution in [0.15, 0.2) is 12.3 Å². The summed E-state index contributed by atoms with van der Waals surface area (Å²) in [7, 11) is 0. The predicted molar refractivity (Wildman–Crippen MR) is 69.5 cm³/mol. The van der Waals surface area contributed by atoms with E-state index in [1.54, 1.807) is 28.9 Å². The fourth-order valence-electron chi connectivity index (χ4n) is 2.42. The summed E-state index contributed by atoms with van der Waals surface area (Å²) in [4.78, 5) is 25.2. The Kier molecular flexibility index (Phi) is 3.22. The van der Waals surface area contributed by atoms with Crippen LogP contribution in [0.2, 0.25) is 0 Å². The second-order valence-corrected chi connectivity index (χ2v) is 6.12. The topological polar surface area (TPSA) is 86.3 Å². The number of thioether (sulfide) groups is 1. The molecule has 2 unspecified atom stereocenters. The van der Waals surface area contributed by atoms with Gasteiger partial charge in [0.15, 0.2) is 0 Å². The van der Waals surface area contributed by atoms with E-state index >= 15 is 0 Å². The van der Waals surface area contributed by atoms with Crippen molar-refractivity contribution in [3.63, 3.8) is 0 Å². The highest BCUT2D eigenvalue weighted by atomic mass is 32.2. The van der Waals surface area contributed by atoms with Crippen molar-refractivity contribution in [3.8, 4) is 0 Å². The molecule has 1 aliphatic heterocycles. The number of nitrogens with one attached hydrogen (secondary N) is 1. The molecular weight excluding hydrogens is 266 g/mol. The van der Waals surface area contributed by atoms with Crippen LogP contribution in [0, 0.1) is 5.92 Å². The van der Waals surface area contributed by atoms with Crippen LogP contribution in [0.25, 0.3) is 0 Å². The zero-order valence-corrected chi connectivity index (χ0v) is 11.1. The van der Waals surface area contributed by atoms with Crippen LogP contribution in [-0.4, -0.2) is 49.2 Å². The molecule has 0 spiro atoms. The van der Waals surface area contributed by atoms with Gasteiger partial charge in [-0.3, -0.25) is 9.89 Å².